The van der Waals surface area contributed by atoms with Crippen LogP contribution in [0.3, 0.4) is 0 Å². The summed E-state index contributed by atoms with van der Waals surface area (Å²) in [6.07, 6.45) is 4.21. The Balaban J connectivity index is 2.31. The lowest BCUT2D eigenvalue weighted by molar-refractivity contribution is 1.10. The van der Waals surface area contributed by atoms with E-state index in [2.05, 4.69) is 27.1 Å². The normalized spacial score (nSPS) is 10.9. The predicted molar refractivity (Wildman–Crippen MR) is 70.9 cm³/mol. The van der Waals surface area contributed by atoms with E-state index >= 15 is 0 Å². The fourth-order valence-electron chi connectivity index (χ4n) is 2.15. The van der Waals surface area contributed by atoms with Crippen LogP contribution < -0.4 is 5.73 Å². The molecule has 5 heteroatoms. The first kappa shape index (κ1) is 10.7. The van der Waals surface area contributed by atoms with Crippen molar-refractivity contribution in [2.75, 3.05) is 5.73 Å². The van der Waals surface area contributed by atoms with E-state index in [1.807, 2.05) is 18.2 Å². The van der Waals surface area contributed by atoms with Crippen LogP contribution in [0.25, 0.3) is 22.3 Å². The maximum Gasteiger partial charge on any atom is 0.149 e. The minimum absolute atomic E-state index is 0.549. The Labute approximate surface area is 104 Å². The number of H-pyrrole nitrogens is 1. The number of rotatable bonds is 2. The Morgan fingerprint density at radius 2 is 2.06 bits per heavy atom. The van der Waals surface area contributed by atoms with Crippen molar-refractivity contribution >= 4 is 16.9 Å². The van der Waals surface area contributed by atoms with Crippen LogP contribution in [0.1, 0.15) is 12.5 Å². The van der Waals surface area contributed by atoms with Gasteiger partial charge in [-0.3, -0.25) is 15.1 Å². The molecule has 3 aromatic rings. The standard InChI is InChI=1S/C13H13N5/c1-2-8-11(17-18-13(8)14)9-4-3-5-10-12(9)16-7-6-15-10/h3-7H,2H2,1H3,(H3,14,17,18). The molecule has 3 rings (SSSR count). The highest BCUT2D eigenvalue weighted by atomic mass is 15.2. The lowest BCUT2D eigenvalue weighted by Crippen LogP contribution is -1.92. The molecular formula is C13H13N5. The summed E-state index contributed by atoms with van der Waals surface area (Å²) in [7, 11) is 0. The maximum atomic E-state index is 5.85. The Kier molecular flexibility index (Phi) is 2.44. The summed E-state index contributed by atoms with van der Waals surface area (Å²) in [5.41, 5.74) is 10.5. The number of para-hydroxylation sites is 1. The predicted octanol–water partition coefficient (Wildman–Crippen LogP) is 2.16. The van der Waals surface area contributed by atoms with Gasteiger partial charge in [-0.05, 0) is 12.5 Å². The van der Waals surface area contributed by atoms with Gasteiger partial charge in [0.15, 0.2) is 0 Å². The number of nitrogen functional groups attached to an aromatic ring is 1. The summed E-state index contributed by atoms with van der Waals surface area (Å²) >= 11 is 0. The number of nitrogens with one attached hydrogen (secondary N) is 1. The molecule has 0 saturated carbocycles. The molecule has 0 aliphatic rings. The minimum atomic E-state index is 0.549. The lowest BCUT2D eigenvalue weighted by Gasteiger charge is -2.05. The molecule has 0 fully saturated rings. The van der Waals surface area contributed by atoms with Crippen LogP contribution in [-0.2, 0) is 6.42 Å². The van der Waals surface area contributed by atoms with Crippen LogP contribution in [0.4, 0.5) is 5.82 Å². The van der Waals surface area contributed by atoms with Gasteiger partial charge >= 0.3 is 0 Å². The molecule has 2 aromatic heterocycles. The summed E-state index contributed by atoms with van der Waals surface area (Å²) in [6, 6.07) is 5.91. The second-order valence-electron chi connectivity index (χ2n) is 4.05. The fraction of sp³-hybridized carbons (Fsp3) is 0.154. The zero-order valence-electron chi connectivity index (χ0n) is 10.0. The second-order valence-corrected chi connectivity index (χ2v) is 4.05. The highest BCUT2D eigenvalue weighted by Crippen LogP contribution is 2.29. The van der Waals surface area contributed by atoms with Gasteiger partial charge in [0.1, 0.15) is 5.82 Å². The minimum Gasteiger partial charge on any atom is -0.382 e. The van der Waals surface area contributed by atoms with Crippen LogP contribution in [0.15, 0.2) is 30.6 Å². The quantitative estimate of drug-likeness (QED) is 0.718. The molecule has 0 aliphatic carbocycles. The Hall–Kier alpha value is -2.43. The van der Waals surface area contributed by atoms with Crippen LogP contribution in [0.2, 0.25) is 0 Å². The van der Waals surface area contributed by atoms with Gasteiger partial charge < -0.3 is 5.73 Å². The van der Waals surface area contributed by atoms with Crippen molar-refractivity contribution in [2.24, 2.45) is 0 Å². The smallest absolute Gasteiger partial charge is 0.149 e. The van der Waals surface area contributed by atoms with Crippen LogP contribution in [0, 0.1) is 0 Å². The Bertz CT molecular complexity index is 696. The number of nitrogens with two attached hydrogens (primary N) is 1. The number of benzene rings is 1. The summed E-state index contributed by atoms with van der Waals surface area (Å²) in [5, 5.41) is 7.07. The molecule has 1 aromatic carbocycles. The summed E-state index contributed by atoms with van der Waals surface area (Å²) < 4.78 is 0. The number of fused-ring (bicyclic) bond motifs is 1. The first-order valence-corrected chi connectivity index (χ1v) is 5.84. The first-order valence-electron chi connectivity index (χ1n) is 5.84. The third-order valence-corrected chi connectivity index (χ3v) is 3.02. The number of hydrogen-bond acceptors (Lipinski definition) is 4. The molecule has 90 valence electrons. The van der Waals surface area contributed by atoms with Gasteiger partial charge in [-0.15, -0.1) is 0 Å². The number of hydrogen-bond donors (Lipinski definition) is 2. The summed E-state index contributed by atoms with van der Waals surface area (Å²) in [4.78, 5) is 8.69. The van der Waals surface area contributed by atoms with Gasteiger partial charge in [0, 0.05) is 23.5 Å². The van der Waals surface area contributed by atoms with Crippen molar-refractivity contribution < 1.29 is 0 Å². The van der Waals surface area contributed by atoms with Crippen LogP contribution in [0.5, 0.6) is 0 Å². The van der Waals surface area contributed by atoms with Gasteiger partial charge in [-0.1, -0.05) is 19.1 Å². The molecule has 0 bridgehead atoms. The average Bonchev–Trinajstić information content (AvgIpc) is 2.79. The van der Waals surface area contributed by atoms with Crippen LogP contribution in [-0.4, -0.2) is 20.2 Å². The molecule has 0 spiro atoms. The SMILES string of the molecule is CCc1c(N)n[nH]c1-c1cccc2nccnc12. The highest BCUT2D eigenvalue weighted by molar-refractivity contribution is 5.91. The second kappa shape index (κ2) is 4.10. The number of nitrogens with zero attached hydrogens (tertiary/aromatic N) is 3. The summed E-state index contributed by atoms with van der Waals surface area (Å²) in [5.74, 6) is 0.549. The van der Waals surface area contributed by atoms with Gasteiger partial charge in [0.25, 0.3) is 0 Å². The van der Waals surface area contributed by atoms with Crippen molar-refractivity contribution in [3.8, 4) is 11.3 Å². The molecule has 18 heavy (non-hydrogen) atoms. The molecule has 0 saturated heterocycles. The molecule has 0 amide bonds. The first-order chi connectivity index (χ1) is 8.81. The van der Waals surface area contributed by atoms with E-state index in [0.29, 0.717) is 5.82 Å². The van der Waals surface area contributed by atoms with Gasteiger partial charge in [-0.25, -0.2) is 0 Å². The van der Waals surface area contributed by atoms with E-state index in [1.54, 1.807) is 12.4 Å². The molecular weight excluding hydrogens is 226 g/mol. The zero-order chi connectivity index (χ0) is 12.5. The van der Waals surface area contributed by atoms with Crippen molar-refractivity contribution in [3.05, 3.63) is 36.2 Å². The average molecular weight is 239 g/mol. The monoisotopic (exact) mass is 239 g/mol. The topological polar surface area (TPSA) is 80.5 Å². The summed E-state index contributed by atoms with van der Waals surface area (Å²) in [6.45, 7) is 2.06. The van der Waals surface area contributed by atoms with Gasteiger partial charge in [-0.2, -0.15) is 5.10 Å². The van der Waals surface area contributed by atoms with E-state index in [1.165, 1.54) is 0 Å². The van der Waals surface area contributed by atoms with E-state index < -0.39 is 0 Å². The van der Waals surface area contributed by atoms with Gasteiger partial charge in [0.2, 0.25) is 0 Å². The van der Waals surface area contributed by atoms with Crippen molar-refractivity contribution in [2.45, 2.75) is 13.3 Å². The molecule has 0 aliphatic heterocycles. The molecule has 2 heterocycles. The molecule has 3 N–H and O–H groups in total. The maximum absolute atomic E-state index is 5.85. The zero-order valence-corrected chi connectivity index (χ0v) is 10.0. The number of aromatic nitrogens is 4. The highest BCUT2D eigenvalue weighted by Gasteiger charge is 2.13. The van der Waals surface area contributed by atoms with Crippen molar-refractivity contribution in [1.82, 2.24) is 20.2 Å². The Morgan fingerprint density at radius 1 is 1.22 bits per heavy atom. The Morgan fingerprint density at radius 3 is 2.89 bits per heavy atom. The van der Waals surface area contributed by atoms with E-state index in [9.17, 15) is 0 Å². The number of aromatic amines is 1. The van der Waals surface area contributed by atoms with Crippen LogP contribution >= 0.6 is 0 Å². The molecule has 0 unspecified atom stereocenters. The molecule has 0 atom stereocenters. The van der Waals surface area contributed by atoms with E-state index in [-0.39, 0.29) is 0 Å². The van der Waals surface area contributed by atoms with E-state index in [4.69, 9.17) is 5.73 Å². The third kappa shape index (κ3) is 1.52. The molecule has 0 radical (unpaired) electrons. The van der Waals surface area contributed by atoms with Crippen molar-refractivity contribution in [3.63, 3.8) is 0 Å². The molecule has 5 nitrogen and oxygen atoms in total. The largest absolute Gasteiger partial charge is 0.382 e. The van der Waals surface area contributed by atoms with Crippen molar-refractivity contribution in [1.29, 1.82) is 0 Å². The third-order valence-electron chi connectivity index (χ3n) is 3.02. The van der Waals surface area contributed by atoms with Gasteiger partial charge in [0.05, 0.1) is 16.7 Å². The fourth-order valence-corrected chi connectivity index (χ4v) is 2.15. The lowest BCUT2D eigenvalue weighted by atomic mass is 10.0. The number of anilines is 1. The van der Waals surface area contributed by atoms with E-state index in [0.717, 1.165) is 34.3 Å².